The molecule has 0 aliphatic heterocycles. The second kappa shape index (κ2) is 12.5. The number of carbonyl (C=O) groups excluding carboxylic acids is 2. The highest BCUT2D eigenvalue weighted by molar-refractivity contribution is 7.92. The highest BCUT2D eigenvalue weighted by Crippen LogP contribution is 2.31. The molecule has 0 radical (unpaired) electrons. The Bertz CT molecular complexity index is 1190. The number of nitrogens with one attached hydrogen (secondary N) is 1. The van der Waals surface area contributed by atoms with Gasteiger partial charge in [0.25, 0.3) is 0 Å². The molecule has 0 spiro atoms. The van der Waals surface area contributed by atoms with Gasteiger partial charge in [0.05, 0.1) is 17.0 Å². The van der Waals surface area contributed by atoms with Crippen molar-refractivity contribution < 1.29 is 18.0 Å². The molecule has 2 aromatic rings. The lowest BCUT2D eigenvalue weighted by atomic mass is 10.1. The molecule has 12 heteroatoms. The smallest absolute Gasteiger partial charge is 0.244 e. The van der Waals surface area contributed by atoms with Gasteiger partial charge >= 0.3 is 0 Å². The summed E-state index contributed by atoms with van der Waals surface area (Å²) in [5.41, 5.74) is 0.645. The van der Waals surface area contributed by atoms with Crippen LogP contribution in [0, 0.1) is 0 Å². The highest BCUT2D eigenvalue weighted by Gasteiger charge is 2.32. The molecule has 0 aliphatic carbocycles. The van der Waals surface area contributed by atoms with E-state index in [9.17, 15) is 18.0 Å². The summed E-state index contributed by atoms with van der Waals surface area (Å²) in [6.07, 6.45) is 1.25. The van der Waals surface area contributed by atoms with E-state index in [1.54, 1.807) is 32.9 Å². The lowest BCUT2D eigenvalue weighted by Crippen LogP contribution is -2.53. The zero-order valence-electron chi connectivity index (χ0n) is 19.7. The van der Waals surface area contributed by atoms with E-state index in [4.69, 9.17) is 46.4 Å². The fraction of sp³-hybridized carbons (Fsp3) is 0.391. The van der Waals surface area contributed by atoms with Crippen molar-refractivity contribution in [1.82, 2.24) is 10.2 Å². The lowest BCUT2D eigenvalue weighted by Gasteiger charge is -2.33. The van der Waals surface area contributed by atoms with Gasteiger partial charge in [-0.15, -0.1) is 0 Å². The number of carbonyl (C=O) groups is 2. The molecular weight excluding hydrogens is 556 g/mol. The molecule has 1 atom stereocenters. The van der Waals surface area contributed by atoms with Gasteiger partial charge in [-0.3, -0.25) is 13.9 Å². The molecule has 7 nitrogen and oxygen atoms in total. The molecular formula is C23H27Cl4N3O4S. The lowest BCUT2D eigenvalue weighted by molar-refractivity contribution is -0.140. The summed E-state index contributed by atoms with van der Waals surface area (Å²) < 4.78 is 26.2. The summed E-state index contributed by atoms with van der Waals surface area (Å²) in [7, 11) is -3.93. The number of halogens is 4. The fourth-order valence-electron chi connectivity index (χ4n) is 3.41. The van der Waals surface area contributed by atoms with Crippen LogP contribution in [0.3, 0.4) is 0 Å². The van der Waals surface area contributed by atoms with Crippen LogP contribution in [-0.4, -0.2) is 50.0 Å². The monoisotopic (exact) mass is 581 g/mol. The van der Waals surface area contributed by atoms with E-state index in [1.165, 1.54) is 29.2 Å². The molecule has 0 aromatic heterocycles. The summed E-state index contributed by atoms with van der Waals surface area (Å²) in [5.74, 6) is -0.977. The van der Waals surface area contributed by atoms with E-state index in [0.717, 1.165) is 10.6 Å². The van der Waals surface area contributed by atoms with Crippen molar-refractivity contribution >= 4 is 73.9 Å². The summed E-state index contributed by atoms with van der Waals surface area (Å²) in [5, 5.41) is 3.92. The number of hydrogen-bond donors (Lipinski definition) is 1. The molecule has 2 aromatic carbocycles. The molecule has 192 valence electrons. The summed E-state index contributed by atoms with van der Waals surface area (Å²) >= 11 is 24.5. The van der Waals surface area contributed by atoms with Crippen molar-refractivity contribution in [3.8, 4) is 0 Å². The van der Waals surface area contributed by atoms with Gasteiger partial charge in [-0.2, -0.15) is 0 Å². The van der Waals surface area contributed by atoms with E-state index in [2.05, 4.69) is 5.32 Å². The van der Waals surface area contributed by atoms with Gasteiger partial charge in [-0.05, 0) is 56.2 Å². The van der Waals surface area contributed by atoms with Crippen molar-refractivity contribution in [3.63, 3.8) is 0 Å². The van der Waals surface area contributed by atoms with Gasteiger partial charge in [0.1, 0.15) is 12.6 Å². The topological polar surface area (TPSA) is 86.8 Å². The molecule has 0 heterocycles. The van der Waals surface area contributed by atoms with E-state index in [0.29, 0.717) is 20.6 Å². The Labute approximate surface area is 226 Å². The number of sulfonamides is 1. The maximum Gasteiger partial charge on any atom is 0.244 e. The van der Waals surface area contributed by atoms with E-state index in [1.807, 2.05) is 0 Å². The van der Waals surface area contributed by atoms with Gasteiger partial charge in [-0.1, -0.05) is 59.4 Å². The Hall–Kier alpha value is -1.71. The van der Waals surface area contributed by atoms with Crippen LogP contribution >= 0.6 is 46.4 Å². The number of nitrogens with zero attached hydrogens (tertiary/aromatic N) is 2. The molecule has 1 N–H and O–H groups in total. The number of hydrogen-bond acceptors (Lipinski definition) is 4. The van der Waals surface area contributed by atoms with Crippen LogP contribution < -0.4 is 9.62 Å². The maximum atomic E-state index is 13.6. The fourth-order valence-corrected chi connectivity index (χ4v) is 5.30. The number of benzene rings is 2. The first-order valence-electron chi connectivity index (χ1n) is 10.7. The third-order valence-electron chi connectivity index (χ3n) is 5.03. The summed E-state index contributed by atoms with van der Waals surface area (Å²) in [4.78, 5) is 27.9. The van der Waals surface area contributed by atoms with Crippen molar-refractivity contribution in [2.24, 2.45) is 0 Å². The summed E-state index contributed by atoms with van der Waals surface area (Å²) in [6, 6.07) is 8.05. The van der Waals surface area contributed by atoms with Gasteiger partial charge in [0.15, 0.2) is 0 Å². The predicted molar refractivity (Wildman–Crippen MR) is 143 cm³/mol. The van der Waals surface area contributed by atoms with Crippen LogP contribution in [0.15, 0.2) is 36.4 Å². The average molecular weight is 583 g/mol. The van der Waals surface area contributed by atoms with Crippen LogP contribution in [0.2, 0.25) is 20.1 Å². The van der Waals surface area contributed by atoms with E-state index in [-0.39, 0.29) is 35.6 Å². The third kappa shape index (κ3) is 8.15. The molecule has 35 heavy (non-hydrogen) atoms. The van der Waals surface area contributed by atoms with Crippen LogP contribution in [0.4, 0.5) is 5.69 Å². The normalized spacial score (nSPS) is 12.4. The molecule has 0 saturated heterocycles. The second-order valence-electron chi connectivity index (χ2n) is 8.21. The maximum absolute atomic E-state index is 13.6. The molecule has 2 rings (SSSR count). The minimum absolute atomic E-state index is 0.0369. The zero-order chi connectivity index (χ0) is 26.5. The Morgan fingerprint density at radius 2 is 1.54 bits per heavy atom. The molecule has 2 amide bonds. The first kappa shape index (κ1) is 29.5. The van der Waals surface area contributed by atoms with Crippen molar-refractivity contribution in [1.29, 1.82) is 0 Å². The van der Waals surface area contributed by atoms with Gasteiger partial charge < -0.3 is 10.2 Å². The largest absolute Gasteiger partial charge is 0.352 e. The van der Waals surface area contributed by atoms with Gasteiger partial charge in [-0.25, -0.2) is 8.42 Å². The standard InChI is InChI=1S/C23H27Cl4N3O4S/c1-5-20(23(32)28-14(2)3)29(12-15-6-7-16(24)10-18(15)26)22(31)13-30(35(4,33)34)21-9-8-17(25)11-19(21)27/h6-11,14,20H,5,12-13H2,1-4H3,(H,28,32). The van der Waals surface area contributed by atoms with Crippen molar-refractivity contribution in [2.45, 2.75) is 45.8 Å². The minimum atomic E-state index is -3.93. The Kier molecular flexibility index (Phi) is 10.5. The first-order chi connectivity index (χ1) is 16.2. The minimum Gasteiger partial charge on any atom is -0.352 e. The van der Waals surface area contributed by atoms with Crippen molar-refractivity contribution in [2.75, 3.05) is 17.1 Å². The first-order valence-corrected chi connectivity index (χ1v) is 14.1. The summed E-state index contributed by atoms with van der Waals surface area (Å²) in [6.45, 7) is 4.75. The molecule has 0 aliphatic rings. The van der Waals surface area contributed by atoms with Crippen LogP contribution in [-0.2, 0) is 26.2 Å². The molecule has 1 unspecified atom stereocenters. The number of rotatable bonds is 10. The van der Waals surface area contributed by atoms with Crippen LogP contribution in [0.1, 0.15) is 32.8 Å². The molecule has 0 bridgehead atoms. The van der Waals surface area contributed by atoms with E-state index >= 15 is 0 Å². The molecule has 0 saturated carbocycles. The predicted octanol–water partition coefficient (Wildman–Crippen LogP) is 5.40. The second-order valence-corrected chi connectivity index (χ2v) is 11.8. The van der Waals surface area contributed by atoms with Crippen LogP contribution in [0.5, 0.6) is 0 Å². The van der Waals surface area contributed by atoms with Crippen molar-refractivity contribution in [3.05, 3.63) is 62.1 Å². The molecule has 0 fully saturated rings. The quantitative estimate of drug-likeness (QED) is 0.406. The number of amides is 2. The van der Waals surface area contributed by atoms with Crippen LogP contribution in [0.25, 0.3) is 0 Å². The van der Waals surface area contributed by atoms with E-state index < -0.39 is 28.5 Å². The highest BCUT2D eigenvalue weighted by atomic mass is 35.5. The Morgan fingerprint density at radius 3 is 2.03 bits per heavy atom. The Balaban J connectivity index is 2.51. The Morgan fingerprint density at radius 1 is 0.971 bits per heavy atom. The van der Waals surface area contributed by atoms with Gasteiger partial charge in [0, 0.05) is 27.7 Å². The third-order valence-corrected chi connectivity index (χ3v) is 7.28. The number of anilines is 1. The SMILES string of the molecule is CCC(C(=O)NC(C)C)N(Cc1ccc(Cl)cc1Cl)C(=O)CN(c1ccc(Cl)cc1Cl)S(C)(=O)=O. The van der Waals surface area contributed by atoms with Gasteiger partial charge in [0.2, 0.25) is 21.8 Å². The average Bonchev–Trinajstić information content (AvgIpc) is 2.72. The zero-order valence-corrected chi connectivity index (χ0v) is 23.5.